The van der Waals surface area contributed by atoms with Crippen molar-refractivity contribution in [1.82, 2.24) is 19.6 Å². The largest absolute Gasteiger partial charge is 0.508 e. The molecule has 14 heteroatoms. The molecule has 0 aromatic carbocycles. The maximum atomic E-state index is 14.5. The summed E-state index contributed by atoms with van der Waals surface area (Å²) in [6.07, 6.45) is 6.79. The van der Waals surface area contributed by atoms with Gasteiger partial charge in [0.2, 0.25) is 11.8 Å². The van der Waals surface area contributed by atoms with Crippen LogP contribution in [0.1, 0.15) is 57.8 Å². The highest BCUT2D eigenvalue weighted by Gasteiger charge is 2.63. The van der Waals surface area contributed by atoms with Crippen LogP contribution in [0.5, 0.6) is 0 Å². The van der Waals surface area contributed by atoms with E-state index in [9.17, 15) is 44.4 Å². The number of rotatable bonds is 5. The lowest BCUT2D eigenvalue weighted by atomic mass is 9.52. The molecule has 4 bridgehead atoms. The molecule has 3 unspecified atom stereocenters. The van der Waals surface area contributed by atoms with Gasteiger partial charge in [-0.25, -0.2) is 0 Å². The maximum absolute atomic E-state index is 14.5. The fourth-order valence-electron chi connectivity index (χ4n) is 12.0. The fraction of sp³-hybridized carbons (Fsp3) is 0.649. The summed E-state index contributed by atoms with van der Waals surface area (Å²) in [6.45, 7) is 0.0607. The molecule has 3 amide bonds. The molecule has 0 spiro atoms. The first-order chi connectivity index (χ1) is 24.0. The quantitative estimate of drug-likeness (QED) is 0.201. The number of carbonyl (C=O) groups excluding carboxylic acids is 5. The van der Waals surface area contributed by atoms with Gasteiger partial charge in [-0.3, -0.25) is 38.7 Å². The highest BCUT2D eigenvalue weighted by Crippen LogP contribution is 2.59. The Kier molecular flexibility index (Phi) is 7.52. The number of ketones is 2. The van der Waals surface area contributed by atoms with Gasteiger partial charge in [-0.2, -0.15) is 0 Å². The summed E-state index contributed by atoms with van der Waals surface area (Å²) >= 11 is 0. The minimum atomic E-state index is -2.67. The van der Waals surface area contributed by atoms with Gasteiger partial charge < -0.3 is 31.1 Å². The number of hydrogen-bond donors (Lipinski definition) is 5. The van der Waals surface area contributed by atoms with E-state index in [1.807, 2.05) is 0 Å². The molecule has 1 heterocycles. The Morgan fingerprint density at radius 2 is 1.39 bits per heavy atom. The normalized spacial score (nSPS) is 39.6. The number of piperazine rings is 1. The number of aliphatic hydroxyl groups is 4. The number of aliphatic hydroxyl groups excluding tert-OH is 3. The van der Waals surface area contributed by atoms with Crippen LogP contribution >= 0.6 is 0 Å². The Morgan fingerprint density at radius 3 is 1.90 bits per heavy atom. The highest BCUT2D eigenvalue weighted by molar-refractivity contribution is 6.22. The van der Waals surface area contributed by atoms with Gasteiger partial charge in [0.05, 0.1) is 24.7 Å². The summed E-state index contributed by atoms with van der Waals surface area (Å²) in [5, 5.41) is 46.9. The standard InChI is InChI=1S/C37H47N5O9/c1-39(2)22-10-23(42-24(43)14-41(15-25(42)44)36-11-16-5-17(12-36)7-18(6-16)13-36)30(45)27-20(22)8-19-9-21-29(40(3)4)32(47)28(35(38)50)34(49)37(21,51)33(48)26(19)31(27)46/h16-19,21,23,29,46,48-49,51H,5-15H2,1-4H3,(H2,38,50)/t16?,17?,18?,19?,21?,23?,29-,36?,37-/m0/s1. The van der Waals surface area contributed by atoms with E-state index in [2.05, 4.69) is 4.90 Å². The summed E-state index contributed by atoms with van der Waals surface area (Å²) in [4.78, 5) is 74.7. The van der Waals surface area contributed by atoms with Crippen molar-refractivity contribution in [2.24, 2.45) is 35.3 Å². The monoisotopic (exact) mass is 705 g/mol. The van der Waals surface area contributed by atoms with Gasteiger partial charge in [-0.15, -0.1) is 0 Å². The van der Waals surface area contributed by atoms with Crippen LogP contribution in [0.3, 0.4) is 0 Å². The molecular weight excluding hydrogens is 658 g/mol. The van der Waals surface area contributed by atoms with Gasteiger partial charge in [0.1, 0.15) is 28.9 Å². The lowest BCUT2D eigenvalue weighted by Crippen LogP contribution is -2.68. The summed E-state index contributed by atoms with van der Waals surface area (Å²) in [7, 11) is 6.68. The van der Waals surface area contributed by atoms with Gasteiger partial charge in [-0.1, -0.05) is 0 Å². The van der Waals surface area contributed by atoms with E-state index in [0.29, 0.717) is 29.0 Å². The van der Waals surface area contributed by atoms with Crippen molar-refractivity contribution in [2.45, 2.75) is 81.0 Å². The lowest BCUT2D eigenvalue weighted by molar-refractivity contribution is -0.166. The number of nitrogens with zero attached hydrogens (tertiary/aromatic N) is 4. The molecule has 0 aromatic rings. The van der Waals surface area contributed by atoms with Crippen molar-refractivity contribution in [3.05, 3.63) is 45.3 Å². The predicted molar refractivity (Wildman–Crippen MR) is 180 cm³/mol. The average molecular weight is 706 g/mol. The second-order valence-electron chi connectivity index (χ2n) is 16.9. The summed E-state index contributed by atoms with van der Waals surface area (Å²) in [5.74, 6) is -6.26. The topological polar surface area (TPSA) is 205 Å². The van der Waals surface area contributed by atoms with Gasteiger partial charge in [0.25, 0.3) is 5.91 Å². The van der Waals surface area contributed by atoms with Crippen LogP contribution in [0.25, 0.3) is 0 Å². The van der Waals surface area contributed by atoms with Crippen molar-refractivity contribution in [2.75, 3.05) is 41.3 Å². The van der Waals surface area contributed by atoms with Crippen LogP contribution < -0.4 is 5.73 Å². The van der Waals surface area contributed by atoms with Crippen LogP contribution in [-0.4, -0.2) is 134 Å². The Hall–Kier alpha value is -4.01. The number of nitrogens with two attached hydrogens (primary N) is 1. The number of primary amides is 1. The van der Waals surface area contributed by atoms with E-state index in [1.165, 1.54) is 24.2 Å². The molecular formula is C37H47N5O9. The third-order valence-electron chi connectivity index (χ3n) is 13.6. The second kappa shape index (κ2) is 11.2. The van der Waals surface area contributed by atoms with Crippen LogP contribution in [0.15, 0.2) is 45.3 Å². The van der Waals surface area contributed by atoms with E-state index >= 15 is 0 Å². The number of amides is 3. The van der Waals surface area contributed by atoms with Crippen molar-refractivity contribution < 1.29 is 44.4 Å². The summed E-state index contributed by atoms with van der Waals surface area (Å²) in [6, 6.07) is -2.39. The third kappa shape index (κ3) is 4.61. The van der Waals surface area contributed by atoms with E-state index in [-0.39, 0.29) is 49.0 Å². The number of likely N-dealkylation sites (N-methyl/N-ethyl adjacent to an activating group) is 1. The molecule has 51 heavy (non-hydrogen) atoms. The van der Waals surface area contributed by atoms with Crippen molar-refractivity contribution in [1.29, 1.82) is 0 Å². The molecule has 9 aliphatic rings. The molecule has 6 N–H and O–H groups in total. The maximum Gasteiger partial charge on any atom is 0.255 e. The molecule has 5 atom stereocenters. The van der Waals surface area contributed by atoms with Gasteiger partial charge >= 0.3 is 0 Å². The Balaban J connectivity index is 1.18. The highest BCUT2D eigenvalue weighted by atomic mass is 16.4. The van der Waals surface area contributed by atoms with E-state index < -0.39 is 81.7 Å². The summed E-state index contributed by atoms with van der Waals surface area (Å²) in [5.41, 5.74) is 2.50. The Morgan fingerprint density at radius 1 is 0.824 bits per heavy atom. The van der Waals surface area contributed by atoms with Crippen LogP contribution in [0, 0.1) is 29.6 Å². The number of carbonyl (C=O) groups is 5. The first-order valence-corrected chi connectivity index (χ1v) is 18.1. The molecule has 0 radical (unpaired) electrons. The van der Waals surface area contributed by atoms with E-state index in [4.69, 9.17) is 5.73 Å². The first kappa shape index (κ1) is 34.1. The molecule has 14 nitrogen and oxygen atoms in total. The molecule has 8 aliphatic carbocycles. The minimum absolute atomic E-state index is 0.0109. The van der Waals surface area contributed by atoms with Crippen LogP contribution in [0.2, 0.25) is 0 Å². The smallest absolute Gasteiger partial charge is 0.255 e. The molecule has 1 saturated heterocycles. The average Bonchev–Trinajstić information content (AvgIpc) is 3.02. The van der Waals surface area contributed by atoms with Gasteiger partial charge in [0, 0.05) is 43.2 Å². The Labute approximate surface area is 295 Å². The SMILES string of the molecule is CN(C)C1=C2CC3CC4[C@H](N(C)C)C(=O)C(C(N)=O)=C(O)[C@@]4(O)C(O)=C3C(O)=C2C(=O)C(N2C(=O)CN(C34CC5CC(CC(C5)C3)C4)CC2=O)C1. The Bertz CT molecular complexity index is 1770. The van der Waals surface area contributed by atoms with Crippen molar-refractivity contribution >= 4 is 29.3 Å². The number of fused-ring (bicyclic) bond motifs is 3. The van der Waals surface area contributed by atoms with Gasteiger partial charge in [-0.05, 0) is 94.7 Å². The molecule has 1 aliphatic heterocycles. The number of Topliss-reactive ketones (excluding diaryl/α,β-unsaturated/α-hetero) is 2. The molecule has 274 valence electrons. The van der Waals surface area contributed by atoms with Crippen LogP contribution in [-0.2, 0) is 24.0 Å². The lowest BCUT2D eigenvalue weighted by Gasteiger charge is -2.61. The van der Waals surface area contributed by atoms with E-state index in [0.717, 1.165) is 24.2 Å². The zero-order valence-corrected chi connectivity index (χ0v) is 29.5. The van der Waals surface area contributed by atoms with Crippen molar-refractivity contribution in [3.63, 3.8) is 0 Å². The first-order valence-electron chi connectivity index (χ1n) is 18.1. The zero-order valence-electron chi connectivity index (χ0n) is 29.5. The second-order valence-corrected chi connectivity index (χ2v) is 16.9. The number of allylic oxidation sites excluding steroid dienone is 2. The molecule has 9 rings (SSSR count). The summed E-state index contributed by atoms with van der Waals surface area (Å²) < 4.78 is 0. The minimum Gasteiger partial charge on any atom is -0.508 e. The van der Waals surface area contributed by atoms with Crippen LogP contribution in [0.4, 0.5) is 0 Å². The zero-order chi connectivity index (χ0) is 36.6. The van der Waals surface area contributed by atoms with Crippen molar-refractivity contribution in [3.8, 4) is 0 Å². The number of imide groups is 1. The van der Waals surface area contributed by atoms with Gasteiger partial charge in [0.15, 0.2) is 17.2 Å². The molecule has 0 aromatic heterocycles. The third-order valence-corrected chi connectivity index (χ3v) is 13.6. The molecule has 4 saturated carbocycles. The predicted octanol–water partition coefficient (Wildman–Crippen LogP) is 0.989. The van der Waals surface area contributed by atoms with E-state index in [1.54, 1.807) is 33.1 Å². The number of hydrogen-bond acceptors (Lipinski definition) is 12. The fourth-order valence-corrected chi connectivity index (χ4v) is 12.0. The molecule has 5 fully saturated rings.